The van der Waals surface area contributed by atoms with Crippen molar-refractivity contribution < 1.29 is 14.3 Å². The lowest BCUT2D eigenvalue weighted by atomic mass is 9.80. The standard InChI is InChI=1S/C22H28N2O3/c1-2-16-7-9-17(10-8-16)24-21(25)15-19(22(24)26)18-5-3-4-6-20(18)23-11-13-27-14-12-23/h6-10,18-19H,2-5,11-15H2,1H3/t18-,19-/m1/s1. The first kappa shape index (κ1) is 18.2. The summed E-state index contributed by atoms with van der Waals surface area (Å²) < 4.78 is 5.48. The highest BCUT2D eigenvalue weighted by atomic mass is 16.5. The second kappa shape index (κ2) is 7.85. The number of hydrogen-bond donors (Lipinski definition) is 0. The predicted molar refractivity (Wildman–Crippen MR) is 104 cm³/mol. The molecular formula is C22H28N2O3. The molecule has 5 nitrogen and oxygen atoms in total. The summed E-state index contributed by atoms with van der Waals surface area (Å²) in [6.45, 7) is 5.31. The maximum Gasteiger partial charge on any atom is 0.238 e. The third-order valence-electron chi connectivity index (χ3n) is 6.10. The lowest BCUT2D eigenvalue weighted by molar-refractivity contribution is -0.123. The summed E-state index contributed by atoms with van der Waals surface area (Å²) in [7, 11) is 0. The van der Waals surface area contributed by atoms with Gasteiger partial charge in [-0.25, -0.2) is 0 Å². The third kappa shape index (κ3) is 3.53. The monoisotopic (exact) mass is 368 g/mol. The SMILES string of the molecule is CCc1ccc(N2C(=O)C[C@H]([C@H]3CCCC=C3N3CCOCC3)C2=O)cc1. The maximum atomic E-state index is 13.2. The Kier molecular flexibility index (Phi) is 5.30. The van der Waals surface area contributed by atoms with Gasteiger partial charge in [-0.1, -0.05) is 25.1 Å². The molecule has 1 aromatic carbocycles. The number of ether oxygens (including phenoxy) is 1. The van der Waals surface area contributed by atoms with Crippen LogP contribution >= 0.6 is 0 Å². The Hall–Kier alpha value is -2.14. The summed E-state index contributed by atoms with van der Waals surface area (Å²) in [5.41, 5.74) is 3.18. The van der Waals surface area contributed by atoms with Crippen molar-refractivity contribution >= 4 is 17.5 Å². The highest BCUT2D eigenvalue weighted by molar-refractivity contribution is 6.21. The van der Waals surface area contributed by atoms with Gasteiger partial charge in [0.15, 0.2) is 0 Å². The zero-order valence-electron chi connectivity index (χ0n) is 16.0. The van der Waals surface area contributed by atoms with Crippen molar-refractivity contribution in [3.05, 3.63) is 41.6 Å². The molecule has 2 heterocycles. The number of carbonyl (C=O) groups is 2. The van der Waals surface area contributed by atoms with Crippen LogP contribution in [0.15, 0.2) is 36.0 Å². The van der Waals surface area contributed by atoms with E-state index in [1.54, 1.807) is 0 Å². The number of carbonyl (C=O) groups excluding carboxylic acids is 2. The first-order valence-corrected chi connectivity index (χ1v) is 10.2. The van der Waals surface area contributed by atoms with Gasteiger partial charge in [-0.2, -0.15) is 0 Å². The smallest absolute Gasteiger partial charge is 0.238 e. The average Bonchev–Trinajstić information content (AvgIpc) is 3.02. The molecule has 2 atom stereocenters. The van der Waals surface area contributed by atoms with Crippen LogP contribution in [0.4, 0.5) is 5.69 Å². The molecule has 4 rings (SSSR count). The second-order valence-corrected chi connectivity index (χ2v) is 7.66. The average molecular weight is 368 g/mol. The number of morpholine rings is 1. The highest BCUT2D eigenvalue weighted by Crippen LogP contribution is 2.40. The minimum atomic E-state index is -0.238. The molecule has 1 aliphatic carbocycles. The van der Waals surface area contributed by atoms with E-state index in [-0.39, 0.29) is 23.7 Å². The van der Waals surface area contributed by atoms with Crippen molar-refractivity contribution in [1.82, 2.24) is 4.90 Å². The molecule has 0 bridgehead atoms. The van der Waals surface area contributed by atoms with Crippen LogP contribution in [0.1, 0.15) is 38.2 Å². The zero-order chi connectivity index (χ0) is 18.8. The molecule has 144 valence electrons. The van der Waals surface area contributed by atoms with E-state index >= 15 is 0 Å². The Morgan fingerprint density at radius 3 is 2.52 bits per heavy atom. The van der Waals surface area contributed by atoms with E-state index in [0.29, 0.717) is 12.1 Å². The second-order valence-electron chi connectivity index (χ2n) is 7.66. The fraction of sp³-hybridized carbons (Fsp3) is 0.545. The van der Waals surface area contributed by atoms with E-state index in [1.165, 1.54) is 16.2 Å². The largest absolute Gasteiger partial charge is 0.378 e. The molecular weight excluding hydrogens is 340 g/mol. The van der Waals surface area contributed by atoms with Crippen LogP contribution in [0.5, 0.6) is 0 Å². The molecule has 0 saturated carbocycles. The number of imide groups is 1. The Morgan fingerprint density at radius 2 is 1.81 bits per heavy atom. The number of anilines is 1. The van der Waals surface area contributed by atoms with Crippen molar-refractivity contribution in [3.8, 4) is 0 Å². The van der Waals surface area contributed by atoms with Crippen molar-refractivity contribution in [2.24, 2.45) is 11.8 Å². The number of rotatable bonds is 4. The maximum absolute atomic E-state index is 13.2. The number of allylic oxidation sites excluding steroid dienone is 2. The van der Waals surface area contributed by atoms with Crippen LogP contribution in [0.25, 0.3) is 0 Å². The van der Waals surface area contributed by atoms with E-state index in [2.05, 4.69) is 17.9 Å². The molecule has 27 heavy (non-hydrogen) atoms. The molecule has 2 amide bonds. The van der Waals surface area contributed by atoms with Gasteiger partial charge in [-0.3, -0.25) is 14.5 Å². The summed E-state index contributed by atoms with van der Waals surface area (Å²) >= 11 is 0. The van der Waals surface area contributed by atoms with Crippen molar-refractivity contribution in [2.75, 3.05) is 31.2 Å². The Balaban J connectivity index is 1.56. The molecule has 0 unspecified atom stereocenters. The highest BCUT2D eigenvalue weighted by Gasteiger charge is 2.45. The van der Waals surface area contributed by atoms with Gasteiger partial charge in [0.05, 0.1) is 24.8 Å². The van der Waals surface area contributed by atoms with E-state index in [0.717, 1.165) is 52.0 Å². The fourth-order valence-electron chi connectivity index (χ4n) is 4.60. The van der Waals surface area contributed by atoms with E-state index in [4.69, 9.17) is 4.74 Å². The molecule has 2 saturated heterocycles. The molecule has 0 spiro atoms. The van der Waals surface area contributed by atoms with Crippen molar-refractivity contribution in [3.63, 3.8) is 0 Å². The lowest BCUT2D eigenvalue weighted by Crippen LogP contribution is -2.41. The summed E-state index contributed by atoms with van der Waals surface area (Å²) in [4.78, 5) is 29.7. The Labute approximate surface area is 161 Å². The molecule has 0 N–H and O–H groups in total. The molecule has 5 heteroatoms. The number of nitrogens with zero attached hydrogens (tertiary/aromatic N) is 2. The van der Waals surface area contributed by atoms with Crippen LogP contribution in [0, 0.1) is 11.8 Å². The summed E-state index contributed by atoms with van der Waals surface area (Å²) in [6, 6.07) is 7.80. The predicted octanol–water partition coefficient (Wildman–Crippen LogP) is 3.14. The first-order valence-electron chi connectivity index (χ1n) is 10.2. The van der Waals surface area contributed by atoms with Gasteiger partial charge in [-0.15, -0.1) is 0 Å². The van der Waals surface area contributed by atoms with Gasteiger partial charge >= 0.3 is 0 Å². The summed E-state index contributed by atoms with van der Waals surface area (Å²) in [5, 5.41) is 0. The van der Waals surface area contributed by atoms with Gasteiger partial charge in [0.25, 0.3) is 0 Å². The zero-order valence-corrected chi connectivity index (χ0v) is 16.0. The van der Waals surface area contributed by atoms with Gasteiger partial charge in [0.1, 0.15) is 0 Å². The van der Waals surface area contributed by atoms with E-state index in [9.17, 15) is 9.59 Å². The number of amides is 2. The minimum Gasteiger partial charge on any atom is -0.378 e. The van der Waals surface area contributed by atoms with Crippen LogP contribution < -0.4 is 4.90 Å². The van der Waals surface area contributed by atoms with Gasteiger partial charge in [0.2, 0.25) is 11.8 Å². The minimum absolute atomic E-state index is 0.0321. The van der Waals surface area contributed by atoms with Gasteiger partial charge < -0.3 is 9.64 Å². The van der Waals surface area contributed by atoms with E-state index < -0.39 is 0 Å². The molecule has 2 fully saturated rings. The molecule has 2 aliphatic heterocycles. The first-order chi connectivity index (χ1) is 13.2. The number of hydrogen-bond acceptors (Lipinski definition) is 4. The van der Waals surface area contributed by atoms with Gasteiger partial charge in [0, 0.05) is 31.1 Å². The molecule has 1 aromatic rings. The Morgan fingerprint density at radius 1 is 1.07 bits per heavy atom. The number of aryl methyl sites for hydroxylation is 1. The van der Waals surface area contributed by atoms with Crippen molar-refractivity contribution in [1.29, 1.82) is 0 Å². The van der Waals surface area contributed by atoms with Crippen molar-refractivity contribution in [2.45, 2.75) is 39.0 Å². The molecule has 0 radical (unpaired) electrons. The van der Waals surface area contributed by atoms with Crippen LogP contribution in [-0.4, -0.2) is 43.0 Å². The van der Waals surface area contributed by atoms with E-state index in [1.807, 2.05) is 24.3 Å². The van der Waals surface area contributed by atoms with Crippen LogP contribution in [0.3, 0.4) is 0 Å². The van der Waals surface area contributed by atoms with Gasteiger partial charge in [-0.05, 0) is 43.4 Å². The fourth-order valence-corrected chi connectivity index (χ4v) is 4.60. The lowest BCUT2D eigenvalue weighted by Gasteiger charge is -2.38. The third-order valence-corrected chi connectivity index (χ3v) is 6.10. The van der Waals surface area contributed by atoms with Crippen LogP contribution in [0.2, 0.25) is 0 Å². The summed E-state index contributed by atoms with van der Waals surface area (Å²) in [5.74, 6) is -0.192. The van der Waals surface area contributed by atoms with Crippen LogP contribution in [-0.2, 0) is 20.7 Å². The topological polar surface area (TPSA) is 49.9 Å². The molecule has 0 aromatic heterocycles. The quantitative estimate of drug-likeness (QED) is 0.766. The summed E-state index contributed by atoms with van der Waals surface area (Å²) in [6.07, 6.45) is 6.68. The molecule has 3 aliphatic rings. The Bertz CT molecular complexity index is 734. The normalized spacial score (nSPS) is 26.5. The number of benzene rings is 1.